The predicted molar refractivity (Wildman–Crippen MR) is 85.6 cm³/mol. The van der Waals surface area contributed by atoms with E-state index >= 15 is 0 Å². The van der Waals surface area contributed by atoms with Crippen molar-refractivity contribution in [3.05, 3.63) is 53.6 Å². The minimum Gasteiger partial charge on any atom is -0.399 e. The molecule has 0 spiro atoms. The van der Waals surface area contributed by atoms with Gasteiger partial charge in [0.2, 0.25) is 10.0 Å². The first kappa shape index (κ1) is 15.3. The number of hydrogen-bond acceptors (Lipinski definition) is 4. The summed E-state index contributed by atoms with van der Waals surface area (Å²) >= 11 is 0. The first-order chi connectivity index (χ1) is 9.95. The van der Waals surface area contributed by atoms with Crippen LogP contribution in [0, 0.1) is 6.92 Å². The van der Waals surface area contributed by atoms with Crippen LogP contribution in [-0.2, 0) is 16.6 Å². The van der Waals surface area contributed by atoms with Crippen LogP contribution in [0.3, 0.4) is 0 Å². The summed E-state index contributed by atoms with van der Waals surface area (Å²) in [5, 5.41) is 3.16. The zero-order chi connectivity index (χ0) is 15.5. The van der Waals surface area contributed by atoms with Crippen molar-refractivity contribution in [1.29, 1.82) is 0 Å². The second-order valence-electron chi connectivity index (χ2n) is 4.69. The van der Waals surface area contributed by atoms with E-state index < -0.39 is 10.0 Å². The Hall–Kier alpha value is -2.05. The predicted octanol–water partition coefficient (Wildman–Crippen LogP) is 2.10. The van der Waals surface area contributed by atoms with Crippen LogP contribution in [-0.4, -0.2) is 15.5 Å². The normalized spacial score (nSPS) is 11.3. The van der Waals surface area contributed by atoms with Gasteiger partial charge in [0.05, 0.1) is 5.69 Å². The van der Waals surface area contributed by atoms with E-state index in [1.807, 2.05) is 25.1 Å². The monoisotopic (exact) mass is 305 g/mol. The number of benzene rings is 2. The van der Waals surface area contributed by atoms with Crippen molar-refractivity contribution in [2.75, 3.05) is 18.1 Å². The maximum atomic E-state index is 12.0. The Labute approximate surface area is 125 Å². The Morgan fingerprint density at radius 3 is 2.52 bits per heavy atom. The second-order valence-corrected chi connectivity index (χ2v) is 6.54. The molecule has 4 N–H and O–H groups in total. The molecule has 0 heterocycles. The molecule has 0 aromatic heterocycles. The molecule has 0 saturated carbocycles. The zero-order valence-corrected chi connectivity index (χ0v) is 12.9. The number of hydrogen-bond donors (Lipinski definition) is 3. The van der Waals surface area contributed by atoms with Gasteiger partial charge in [0.15, 0.2) is 0 Å². The largest absolute Gasteiger partial charge is 0.399 e. The van der Waals surface area contributed by atoms with Crippen LogP contribution in [0.2, 0.25) is 0 Å². The molecule has 0 bridgehead atoms. The van der Waals surface area contributed by atoms with E-state index in [1.54, 1.807) is 24.3 Å². The van der Waals surface area contributed by atoms with E-state index in [2.05, 4.69) is 10.0 Å². The van der Waals surface area contributed by atoms with Gasteiger partial charge in [0.25, 0.3) is 0 Å². The van der Waals surface area contributed by atoms with Crippen molar-refractivity contribution in [2.45, 2.75) is 18.4 Å². The number of nitrogens with two attached hydrogens (primary N) is 1. The van der Waals surface area contributed by atoms with E-state index in [4.69, 9.17) is 5.73 Å². The van der Waals surface area contributed by atoms with Gasteiger partial charge >= 0.3 is 0 Å². The maximum absolute atomic E-state index is 12.0. The molecule has 0 aliphatic rings. The lowest BCUT2D eigenvalue weighted by Crippen LogP contribution is -2.20. The standard InChI is InChI=1S/C15H19N3O2S/c1-11-12(6-5-7-13(11)16)10-18-14-8-3-4-9-15(14)21(19,20)17-2/h3-9,17-18H,10,16H2,1-2H3. The van der Waals surface area contributed by atoms with Gasteiger partial charge in [-0.05, 0) is 43.3 Å². The number of anilines is 2. The average molecular weight is 305 g/mol. The highest BCUT2D eigenvalue weighted by atomic mass is 32.2. The van der Waals surface area contributed by atoms with Gasteiger partial charge in [0.1, 0.15) is 4.90 Å². The molecule has 21 heavy (non-hydrogen) atoms. The van der Waals surface area contributed by atoms with Crippen LogP contribution in [0.25, 0.3) is 0 Å². The minimum absolute atomic E-state index is 0.231. The molecule has 2 aromatic carbocycles. The quantitative estimate of drug-likeness (QED) is 0.739. The van der Waals surface area contributed by atoms with E-state index in [9.17, 15) is 8.42 Å². The van der Waals surface area contributed by atoms with Gasteiger partial charge in [-0.2, -0.15) is 0 Å². The molecule has 0 unspecified atom stereocenters. The first-order valence-corrected chi connectivity index (χ1v) is 8.04. The van der Waals surface area contributed by atoms with Crippen molar-refractivity contribution < 1.29 is 8.42 Å². The van der Waals surface area contributed by atoms with E-state index in [0.29, 0.717) is 12.2 Å². The number of sulfonamides is 1. The summed E-state index contributed by atoms with van der Waals surface area (Å²) < 4.78 is 26.3. The summed E-state index contributed by atoms with van der Waals surface area (Å²) in [6, 6.07) is 12.5. The SMILES string of the molecule is CNS(=O)(=O)c1ccccc1NCc1cccc(N)c1C. The van der Waals surface area contributed by atoms with Crippen molar-refractivity contribution in [2.24, 2.45) is 0 Å². The van der Waals surface area contributed by atoms with Gasteiger partial charge in [-0.15, -0.1) is 0 Å². The lowest BCUT2D eigenvalue weighted by Gasteiger charge is -2.14. The van der Waals surface area contributed by atoms with Crippen LogP contribution >= 0.6 is 0 Å². The molecule has 6 heteroatoms. The summed E-state index contributed by atoms with van der Waals surface area (Å²) in [6.45, 7) is 2.45. The summed E-state index contributed by atoms with van der Waals surface area (Å²) in [5.74, 6) is 0. The van der Waals surface area contributed by atoms with Gasteiger partial charge < -0.3 is 11.1 Å². The molecule has 0 aliphatic carbocycles. The van der Waals surface area contributed by atoms with Crippen molar-refractivity contribution >= 4 is 21.4 Å². The summed E-state index contributed by atoms with van der Waals surface area (Å²) in [6.07, 6.45) is 0. The number of para-hydroxylation sites is 1. The fraction of sp³-hybridized carbons (Fsp3) is 0.200. The number of nitrogen functional groups attached to an aromatic ring is 1. The molecule has 2 rings (SSSR count). The third-order valence-electron chi connectivity index (χ3n) is 3.40. The highest BCUT2D eigenvalue weighted by molar-refractivity contribution is 7.89. The molecule has 2 aromatic rings. The summed E-state index contributed by atoms with van der Waals surface area (Å²) in [4.78, 5) is 0.231. The topological polar surface area (TPSA) is 84.2 Å². The van der Waals surface area contributed by atoms with Crippen molar-refractivity contribution in [3.8, 4) is 0 Å². The molecular weight excluding hydrogens is 286 g/mol. The smallest absolute Gasteiger partial charge is 0.242 e. The van der Waals surface area contributed by atoms with E-state index in [1.165, 1.54) is 7.05 Å². The Morgan fingerprint density at radius 2 is 1.81 bits per heavy atom. The molecule has 0 radical (unpaired) electrons. The molecule has 0 amide bonds. The van der Waals surface area contributed by atoms with Gasteiger partial charge in [-0.25, -0.2) is 13.1 Å². The number of rotatable bonds is 5. The third kappa shape index (κ3) is 3.34. The number of nitrogens with one attached hydrogen (secondary N) is 2. The van der Waals surface area contributed by atoms with Crippen LogP contribution in [0.4, 0.5) is 11.4 Å². The Kier molecular flexibility index (Phi) is 4.50. The van der Waals surface area contributed by atoms with Crippen molar-refractivity contribution in [3.63, 3.8) is 0 Å². The lowest BCUT2D eigenvalue weighted by molar-refractivity contribution is 0.588. The second kappa shape index (κ2) is 6.15. The molecule has 0 saturated heterocycles. The van der Waals surface area contributed by atoms with Gasteiger partial charge in [-0.1, -0.05) is 24.3 Å². The van der Waals surface area contributed by atoms with Crippen LogP contribution in [0.1, 0.15) is 11.1 Å². The molecular formula is C15H19N3O2S. The zero-order valence-electron chi connectivity index (χ0n) is 12.1. The highest BCUT2D eigenvalue weighted by Gasteiger charge is 2.15. The molecule has 5 nitrogen and oxygen atoms in total. The van der Waals surface area contributed by atoms with Crippen molar-refractivity contribution in [1.82, 2.24) is 4.72 Å². The first-order valence-electron chi connectivity index (χ1n) is 6.56. The fourth-order valence-electron chi connectivity index (χ4n) is 2.04. The Bertz CT molecular complexity index is 742. The van der Waals surface area contributed by atoms with E-state index in [0.717, 1.165) is 16.8 Å². The van der Waals surface area contributed by atoms with Crippen LogP contribution < -0.4 is 15.8 Å². The van der Waals surface area contributed by atoms with E-state index in [-0.39, 0.29) is 4.90 Å². The van der Waals surface area contributed by atoms with Crippen LogP contribution in [0.5, 0.6) is 0 Å². The molecule has 0 atom stereocenters. The summed E-state index contributed by atoms with van der Waals surface area (Å²) in [7, 11) is -2.09. The minimum atomic E-state index is -3.49. The molecule has 112 valence electrons. The molecule has 0 aliphatic heterocycles. The van der Waals surface area contributed by atoms with Gasteiger partial charge in [-0.3, -0.25) is 0 Å². The Morgan fingerprint density at radius 1 is 1.10 bits per heavy atom. The lowest BCUT2D eigenvalue weighted by atomic mass is 10.1. The average Bonchev–Trinajstić information content (AvgIpc) is 2.49. The summed E-state index contributed by atoms with van der Waals surface area (Å²) in [5.41, 5.74) is 9.20. The Balaban J connectivity index is 2.27. The highest BCUT2D eigenvalue weighted by Crippen LogP contribution is 2.22. The van der Waals surface area contributed by atoms with Crippen LogP contribution in [0.15, 0.2) is 47.4 Å². The fourth-order valence-corrected chi connectivity index (χ4v) is 2.95. The van der Waals surface area contributed by atoms with Gasteiger partial charge in [0, 0.05) is 12.2 Å². The molecule has 0 fully saturated rings. The maximum Gasteiger partial charge on any atom is 0.242 e. The third-order valence-corrected chi connectivity index (χ3v) is 4.87.